The highest BCUT2D eigenvalue weighted by molar-refractivity contribution is 5.95. The molecule has 30 heavy (non-hydrogen) atoms. The molecule has 1 aromatic carbocycles. The predicted molar refractivity (Wildman–Crippen MR) is 115 cm³/mol. The van der Waals surface area contributed by atoms with E-state index >= 15 is 0 Å². The lowest BCUT2D eigenvalue weighted by atomic mass is 9.79. The van der Waals surface area contributed by atoms with Crippen LogP contribution in [0, 0.1) is 0 Å². The lowest BCUT2D eigenvalue weighted by Gasteiger charge is -2.37. The molecule has 0 radical (unpaired) electrons. The fourth-order valence-electron chi connectivity index (χ4n) is 4.55. The number of benzene rings is 1. The fraction of sp³-hybridized carbons (Fsp3) is 0.609. The van der Waals surface area contributed by atoms with Gasteiger partial charge in [0.2, 0.25) is 5.91 Å². The van der Waals surface area contributed by atoms with Crippen LogP contribution in [0.2, 0.25) is 0 Å². The first-order valence-electron chi connectivity index (χ1n) is 11.1. The molecule has 1 fully saturated rings. The number of anilines is 1. The first kappa shape index (κ1) is 22.1. The summed E-state index contributed by atoms with van der Waals surface area (Å²) in [6.07, 6.45) is 6.25. The van der Waals surface area contributed by atoms with Gasteiger partial charge in [-0.1, -0.05) is 38.3 Å². The van der Waals surface area contributed by atoms with Gasteiger partial charge in [-0.2, -0.15) is 0 Å². The number of hydrogen-bond acceptors (Lipinski definition) is 4. The van der Waals surface area contributed by atoms with Gasteiger partial charge in [-0.3, -0.25) is 9.59 Å². The summed E-state index contributed by atoms with van der Waals surface area (Å²) in [5.41, 5.74) is 2.60. The average molecular weight is 416 g/mol. The molecule has 1 saturated carbocycles. The number of carbonyl (C=O) groups excluding carboxylic acids is 3. The quantitative estimate of drug-likeness (QED) is 0.668. The highest BCUT2D eigenvalue weighted by atomic mass is 16.5. The molecule has 0 aromatic heterocycles. The van der Waals surface area contributed by atoms with Gasteiger partial charge in [0, 0.05) is 25.2 Å². The number of ether oxygens (including phenoxy) is 1. The molecule has 0 saturated heterocycles. The van der Waals surface area contributed by atoms with Crippen LogP contribution >= 0.6 is 0 Å². The van der Waals surface area contributed by atoms with Crippen molar-refractivity contribution < 1.29 is 19.1 Å². The molecule has 0 bridgehead atoms. The van der Waals surface area contributed by atoms with E-state index in [9.17, 15) is 14.4 Å². The molecular weight excluding hydrogens is 382 g/mol. The minimum Gasteiger partial charge on any atom is -0.466 e. The maximum Gasteiger partial charge on any atom is 0.315 e. The van der Waals surface area contributed by atoms with Crippen LogP contribution in [-0.4, -0.2) is 36.6 Å². The summed E-state index contributed by atoms with van der Waals surface area (Å²) in [6, 6.07) is 5.72. The summed E-state index contributed by atoms with van der Waals surface area (Å²) in [5, 5.41) is 6.00. The molecule has 7 nitrogen and oxygen atoms in total. The van der Waals surface area contributed by atoms with Gasteiger partial charge in [0.1, 0.15) is 0 Å². The van der Waals surface area contributed by atoms with Crippen molar-refractivity contribution in [1.82, 2.24) is 10.6 Å². The third kappa shape index (κ3) is 5.32. The Bertz CT molecular complexity index is 787. The SMILES string of the molecule is CCOC(=O)CC1(NC(=O)NCc2ccc3c(c2)CCN3C(=O)CC)CCCCC1. The largest absolute Gasteiger partial charge is 0.466 e. The van der Waals surface area contributed by atoms with Crippen molar-refractivity contribution in [2.24, 2.45) is 0 Å². The van der Waals surface area contributed by atoms with Gasteiger partial charge in [-0.25, -0.2) is 4.79 Å². The molecule has 1 aliphatic carbocycles. The van der Waals surface area contributed by atoms with E-state index in [4.69, 9.17) is 4.74 Å². The van der Waals surface area contributed by atoms with E-state index in [2.05, 4.69) is 16.7 Å². The molecule has 0 atom stereocenters. The van der Waals surface area contributed by atoms with Gasteiger partial charge in [-0.15, -0.1) is 0 Å². The van der Waals surface area contributed by atoms with Gasteiger partial charge < -0.3 is 20.3 Å². The summed E-state index contributed by atoms with van der Waals surface area (Å²) < 4.78 is 5.12. The standard InChI is InChI=1S/C23H33N3O4/c1-3-20(27)26-13-10-18-14-17(8-9-19(18)26)16-24-22(29)25-23(11-6-5-7-12-23)15-21(28)30-4-2/h8-9,14H,3-7,10-13,15-16H2,1-2H3,(H2,24,25,29). The normalized spacial score (nSPS) is 17.2. The number of urea groups is 1. The minimum atomic E-state index is -0.520. The van der Waals surface area contributed by atoms with Crippen molar-refractivity contribution in [3.8, 4) is 0 Å². The topological polar surface area (TPSA) is 87.7 Å². The number of carbonyl (C=O) groups is 3. The second-order valence-electron chi connectivity index (χ2n) is 8.24. The van der Waals surface area contributed by atoms with Crippen molar-refractivity contribution in [1.29, 1.82) is 0 Å². The Morgan fingerprint density at radius 3 is 2.60 bits per heavy atom. The van der Waals surface area contributed by atoms with E-state index in [-0.39, 0.29) is 24.3 Å². The van der Waals surface area contributed by atoms with Crippen LogP contribution in [0.4, 0.5) is 10.5 Å². The van der Waals surface area contributed by atoms with E-state index in [1.165, 1.54) is 0 Å². The third-order valence-electron chi connectivity index (χ3n) is 6.07. The molecule has 1 aromatic rings. The second-order valence-corrected chi connectivity index (χ2v) is 8.24. The van der Waals surface area contributed by atoms with Crippen molar-refractivity contribution in [3.63, 3.8) is 0 Å². The van der Waals surface area contributed by atoms with Crippen LogP contribution in [0.3, 0.4) is 0 Å². The Kier molecular flexibility index (Phi) is 7.34. The van der Waals surface area contributed by atoms with Crippen molar-refractivity contribution in [2.45, 2.75) is 77.3 Å². The molecule has 3 rings (SSSR count). The van der Waals surface area contributed by atoms with Crippen LogP contribution in [0.1, 0.15) is 69.9 Å². The van der Waals surface area contributed by atoms with Crippen LogP contribution in [0.15, 0.2) is 18.2 Å². The van der Waals surface area contributed by atoms with E-state index in [0.29, 0.717) is 19.6 Å². The number of hydrogen-bond donors (Lipinski definition) is 2. The zero-order valence-corrected chi connectivity index (χ0v) is 18.1. The van der Waals surface area contributed by atoms with Gasteiger partial charge in [0.25, 0.3) is 0 Å². The zero-order chi connectivity index (χ0) is 21.6. The third-order valence-corrected chi connectivity index (χ3v) is 6.07. The average Bonchev–Trinajstić information content (AvgIpc) is 3.15. The molecule has 0 spiro atoms. The van der Waals surface area contributed by atoms with Gasteiger partial charge >= 0.3 is 12.0 Å². The first-order chi connectivity index (χ1) is 14.5. The number of rotatable bonds is 7. The van der Waals surface area contributed by atoms with Gasteiger partial charge in [0.15, 0.2) is 0 Å². The zero-order valence-electron chi connectivity index (χ0n) is 18.1. The predicted octanol–water partition coefficient (Wildman–Crippen LogP) is 3.44. The number of nitrogens with one attached hydrogen (secondary N) is 2. The summed E-state index contributed by atoms with van der Waals surface area (Å²) in [5.74, 6) is -0.122. The van der Waals surface area contributed by atoms with Crippen molar-refractivity contribution in [3.05, 3.63) is 29.3 Å². The second kappa shape index (κ2) is 9.96. The number of esters is 1. The highest BCUT2D eigenvalue weighted by Gasteiger charge is 2.36. The summed E-state index contributed by atoms with van der Waals surface area (Å²) >= 11 is 0. The Balaban J connectivity index is 1.58. The lowest BCUT2D eigenvalue weighted by Crippen LogP contribution is -2.54. The lowest BCUT2D eigenvalue weighted by molar-refractivity contribution is -0.145. The molecule has 3 amide bonds. The Hall–Kier alpha value is -2.57. The van der Waals surface area contributed by atoms with E-state index in [0.717, 1.165) is 61.9 Å². The smallest absolute Gasteiger partial charge is 0.315 e. The Morgan fingerprint density at radius 2 is 1.90 bits per heavy atom. The maximum atomic E-state index is 12.6. The van der Waals surface area contributed by atoms with E-state index in [1.807, 2.05) is 24.0 Å². The Labute approximate surface area is 178 Å². The first-order valence-corrected chi connectivity index (χ1v) is 11.1. The number of amides is 3. The molecular formula is C23H33N3O4. The molecule has 1 aliphatic heterocycles. The van der Waals surface area contributed by atoms with Crippen molar-refractivity contribution >= 4 is 23.6 Å². The molecule has 2 aliphatic rings. The maximum absolute atomic E-state index is 12.6. The Morgan fingerprint density at radius 1 is 1.13 bits per heavy atom. The van der Waals surface area contributed by atoms with Crippen LogP contribution in [0.25, 0.3) is 0 Å². The number of fused-ring (bicyclic) bond motifs is 1. The van der Waals surface area contributed by atoms with Crippen molar-refractivity contribution in [2.75, 3.05) is 18.1 Å². The summed E-state index contributed by atoms with van der Waals surface area (Å²) in [7, 11) is 0. The summed E-state index contributed by atoms with van der Waals surface area (Å²) in [6.45, 7) is 5.13. The van der Waals surface area contributed by atoms with E-state index < -0.39 is 5.54 Å². The molecule has 7 heteroatoms. The van der Waals surface area contributed by atoms with E-state index in [1.54, 1.807) is 6.92 Å². The van der Waals surface area contributed by atoms with Gasteiger partial charge in [0.05, 0.1) is 18.6 Å². The molecule has 1 heterocycles. The molecule has 2 N–H and O–H groups in total. The number of nitrogens with zero attached hydrogens (tertiary/aromatic N) is 1. The summed E-state index contributed by atoms with van der Waals surface area (Å²) in [4.78, 5) is 38.6. The van der Waals surface area contributed by atoms with Crippen LogP contribution in [-0.2, 0) is 27.3 Å². The fourth-order valence-corrected chi connectivity index (χ4v) is 4.55. The van der Waals surface area contributed by atoms with Crippen LogP contribution < -0.4 is 15.5 Å². The highest BCUT2D eigenvalue weighted by Crippen LogP contribution is 2.32. The molecule has 164 valence electrons. The van der Waals surface area contributed by atoms with Gasteiger partial charge in [-0.05, 0) is 43.4 Å². The monoisotopic (exact) mass is 415 g/mol. The van der Waals surface area contributed by atoms with Crippen LogP contribution in [0.5, 0.6) is 0 Å². The minimum absolute atomic E-state index is 0.137. The molecule has 0 unspecified atom stereocenters.